The fourth-order valence-electron chi connectivity index (χ4n) is 2.57. The van der Waals surface area contributed by atoms with Crippen LogP contribution in [0.25, 0.3) is 0 Å². The van der Waals surface area contributed by atoms with Gasteiger partial charge < -0.3 is 4.90 Å². The molecule has 90 valence electrons. The number of hydrogen-bond acceptors (Lipinski definition) is 1. The molecule has 1 fully saturated rings. The zero-order chi connectivity index (χ0) is 10.9. The van der Waals surface area contributed by atoms with Crippen LogP contribution in [0, 0.1) is 0 Å². The van der Waals surface area contributed by atoms with E-state index in [1.54, 1.807) is 0 Å². The van der Waals surface area contributed by atoms with E-state index in [9.17, 15) is 0 Å². The van der Waals surface area contributed by atoms with Crippen LogP contribution in [0.1, 0.15) is 58.3 Å². The number of nitrogens with zero attached hydrogens (tertiary/aromatic N) is 1. The molecular formula is C13H26BrN. The highest BCUT2D eigenvalue weighted by atomic mass is 79.9. The maximum Gasteiger partial charge on any atom is 0.00960 e. The minimum atomic E-state index is 0.907. The monoisotopic (exact) mass is 275 g/mol. The smallest absolute Gasteiger partial charge is 0.00960 e. The third-order valence-corrected chi connectivity index (χ3v) is 4.03. The molecule has 1 aliphatic rings. The average molecular weight is 276 g/mol. The van der Waals surface area contributed by atoms with Crippen molar-refractivity contribution in [3.8, 4) is 0 Å². The highest BCUT2D eigenvalue weighted by Crippen LogP contribution is 2.22. The minimum Gasteiger partial charge on any atom is -0.300 e. The zero-order valence-corrected chi connectivity index (χ0v) is 11.8. The van der Waals surface area contributed by atoms with Crippen molar-refractivity contribution in [3.63, 3.8) is 0 Å². The Kier molecular flexibility index (Phi) is 7.72. The van der Waals surface area contributed by atoms with Gasteiger partial charge in [-0.3, -0.25) is 0 Å². The van der Waals surface area contributed by atoms with Gasteiger partial charge in [-0.2, -0.15) is 0 Å². The molecule has 0 aromatic rings. The Bertz CT molecular complexity index is 149. The van der Waals surface area contributed by atoms with Crippen molar-refractivity contribution < 1.29 is 0 Å². The fourth-order valence-corrected chi connectivity index (χ4v) is 2.89. The van der Waals surface area contributed by atoms with E-state index in [-0.39, 0.29) is 0 Å². The van der Waals surface area contributed by atoms with E-state index in [1.165, 1.54) is 69.8 Å². The van der Waals surface area contributed by atoms with Crippen LogP contribution in [0.4, 0.5) is 0 Å². The number of likely N-dealkylation sites (tertiary alicyclic amines) is 1. The highest BCUT2D eigenvalue weighted by Gasteiger charge is 2.22. The van der Waals surface area contributed by atoms with Crippen LogP contribution in [-0.2, 0) is 0 Å². The predicted molar refractivity (Wildman–Crippen MR) is 71.8 cm³/mol. The van der Waals surface area contributed by atoms with Crippen molar-refractivity contribution in [2.75, 3.05) is 18.4 Å². The topological polar surface area (TPSA) is 3.24 Å². The lowest BCUT2D eigenvalue weighted by Gasteiger charge is -2.24. The summed E-state index contributed by atoms with van der Waals surface area (Å²) < 4.78 is 0. The molecule has 1 heterocycles. The third-order valence-electron chi connectivity index (χ3n) is 3.47. The molecule has 0 radical (unpaired) electrons. The van der Waals surface area contributed by atoms with Crippen molar-refractivity contribution >= 4 is 15.9 Å². The fraction of sp³-hybridized carbons (Fsp3) is 1.00. The molecule has 1 aliphatic heterocycles. The van der Waals surface area contributed by atoms with E-state index >= 15 is 0 Å². The van der Waals surface area contributed by atoms with Crippen molar-refractivity contribution in [2.24, 2.45) is 0 Å². The molecule has 0 aromatic carbocycles. The third kappa shape index (κ3) is 5.35. The maximum atomic E-state index is 3.53. The predicted octanol–water partition coefficient (Wildman–Crippen LogP) is 4.21. The van der Waals surface area contributed by atoms with E-state index in [0.717, 1.165) is 6.04 Å². The van der Waals surface area contributed by atoms with Crippen molar-refractivity contribution in [1.29, 1.82) is 0 Å². The Morgan fingerprint density at radius 1 is 1.20 bits per heavy atom. The quantitative estimate of drug-likeness (QED) is 0.474. The maximum absolute atomic E-state index is 3.53. The van der Waals surface area contributed by atoms with Gasteiger partial charge in [0.2, 0.25) is 0 Å². The molecular weight excluding hydrogens is 250 g/mol. The molecule has 1 unspecified atom stereocenters. The lowest BCUT2D eigenvalue weighted by atomic mass is 10.1. The number of unbranched alkanes of at least 4 members (excludes halogenated alkanes) is 3. The molecule has 1 saturated heterocycles. The van der Waals surface area contributed by atoms with Crippen molar-refractivity contribution in [3.05, 3.63) is 0 Å². The molecule has 1 atom stereocenters. The van der Waals surface area contributed by atoms with Crippen LogP contribution in [0.2, 0.25) is 0 Å². The summed E-state index contributed by atoms with van der Waals surface area (Å²) in [5.41, 5.74) is 0. The lowest BCUT2D eigenvalue weighted by molar-refractivity contribution is 0.237. The van der Waals surface area contributed by atoms with Crippen LogP contribution in [-0.4, -0.2) is 29.4 Å². The second-order valence-electron chi connectivity index (χ2n) is 4.72. The first-order chi connectivity index (χ1) is 7.38. The van der Waals surface area contributed by atoms with Crippen molar-refractivity contribution in [1.82, 2.24) is 4.90 Å². The molecule has 2 heteroatoms. The van der Waals surface area contributed by atoms with Gasteiger partial charge in [0.1, 0.15) is 0 Å². The highest BCUT2D eigenvalue weighted by molar-refractivity contribution is 9.09. The SMILES string of the molecule is CCCCCCN1CCCC1CCCBr. The first-order valence-electron chi connectivity index (χ1n) is 6.68. The lowest BCUT2D eigenvalue weighted by Crippen LogP contribution is -2.30. The van der Waals surface area contributed by atoms with Gasteiger partial charge in [-0.05, 0) is 45.2 Å². The van der Waals surface area contributed by atoms with Crippen LogP contribution >= 0.6 is 15.9 Å². The van der Waals surface area contributed by atoms with Gasteiger partial charge in [-0.1, -0.05) is 42.1 Å². The van der Waals surface area contributed by atoms with E-state index in [1.807, 2.05) is 0 Å². The van der Waals surface area contributed by atoms with Gasteiger partial charge in [0, 0.05) is 11.4 Å². The van der Waals surface area contributed by atoms with Gasteiger partial charge in [0.05, 0.1) is 0 Å². The Morgan fingerprint density at radius 2 is 2.07 bits per heavy atom. The molecule has 0 bridgehead atoms. The second-order valence-corrected chi connectivity index (χ2v) is 5.52. The largest absolute Gasteiger partial charge is 0.300 e. The molecule has 0 aliphatic carbocycles. The first kappa shape index (κ1) is 13.5. The van der Waals surface area contributed by atoms with Crippen molar-refractivity contribution in [2.45, 2.75) is 64.3 Å². The number of halogens is 1. The Morgan fingerprint density at radius 3 is 2.80 bits per heavy atom. The number of rotatable bonds is 8. The van der Waals surface area contributed by atoms with E-state index in [2.05, 4.69) is 27.8 Å². The van der Waals surface area contributed by atoms with Gasteiger partial charge in [0.25, 0.3) is 0 Å². The summed E-state index contributed by atoms with van der Waals surface area (Å²) >= 11 is 3.53. The minimum absolute atomic E-state index is 0.907. The molecule has 0 spiro atoms. The molecule has 0 aromatic heterocycles. The van der Waals surface area contributed by atoms with E-state index in [4.69, 9.17) is 0 Å². The molecule has 1 nitrogen and oxygen atoms in total. The summed E-state index contributed by atoms with van der Waals surface area (Å²) in [5, 5.41) is 1.17. The van der Waals surface area contributed by atoms with Gasteiger partial charge in [0.15, 0.2) is 0 Å². The standard InChI is InChI=1S/C13H26BrN/c1-2-3-4-5-11-15-12-7-9-13(15)8-6-10-14/h13H,2-12H2,1H3. The normalized spacial score (nSPS) is 22.4. The number of hydrogen-bond donors (Lipinski definition) is 0. The summed E-state index contributed by atoms with van der Waals surface area (Å²) in [5.74, 6) is 0. The summed E-state index contributed by atoms with van der Waals surface area (Å²) in [6.07, 6.45) is 11.2. The molecule has 0 saturated carbocycles. The molecule has 0 N–H and O–H groups in total. The van der Waals surface area contributed by atoms with Crippen LogP contribution < -0.4 is 0 Å². The van der Waals surface area contributed by atoms with Gasteiger partial charge in [-0.25, -0.2) is 0 Å². The molecule has 1 rings (SSSR count). The van der Waals surface area contributed by atoms with Gasteiger partial charge >= 0.3 is 0 Å². The Balaban J connectivity index is 2.09. The summed E-state index contributed by atoms with van der Waals surface area (Å²) in [6.45, 7) is 5.00. The van der Waals surface area contributed by atoms with E-state index in [0.29, 0.717) is 0 Å². The Hall–Kier alpha value is 0.440. The van der Waals surface area contributed by atoms with Crippen LogP contribution in [0.3, 0.4) is 0 Å². The first-order valence-corrected chi connectivity index (χ1v) is 7.80. The summed E-state index contributed by atoms with van der Waals surface area (Å²) in [4.78, 5) is 2.73. The summed E-state index contributed by atoms with van der Waals surface area (Å²) in [6, 6.07) is 0.907. The Labute approximate surface area is 104 Å². The number of alkyl halides is 1. The molecule has 15 heavy (non-hydrogen) atoms. The summed E-state index contributed by atoms with van der Waals surface area (Å²) in [7, 11) is 0. The van der Waals surface area contributed by atoms with Gasteiger partial charge in [-0.15, -0.1) is 0 Å². The molecule has 0 amide bonds. The van der Waals surface area contributed by atoms with Crippen LogP contribution in [0.15, 0.2) is 0 Å². The van der Waals surface area contributed by atoms with E-state index < -0.39 is 0 Å². The average Bonchev–Trinajstić information content (AvgIpc) is 2.69. The van der Waals surface area contributed by atoms with Crippen LogP contribution in [0.5, 0.6) is 0 Å². The second kappa shape index (κ2) is 8.58. The zero-order valence-electron chi connectivity index (χ0n) is 10.2.